The van der Waals surface area contributed by atoms with Crippen molar-refractivity contribution in [2.75, 3.05) is 17.2 Å². The van der Waals surface area contributed by atoms with Gasteiger partial charge in [-0.2, -0.15) is 0 Å². The molecule has 0 aliphatic carbocycles. The van der Waals surface area contributed by atoms with Gasteiger partial charge in [0.05, 0.1) is 6.54 Å². The van der Waals surface area contributed by atoms with E-state index in [2.05, 4.69) is 25.5 Å². The van der Waals surface area contributed by atoms with Gasteiger partial charge in [-0.05, 0) is 18.2 Å². The van der Waals surface area contributed by atoms with E-state index in [1.54, 1.807) is 6.20 Å². The summed E-state index contributed by atoms with van der Waals surface area (Å²) >= 11 is 0. The van der Waals surface area contributed by atoms with Crippen molar-refractivity contribution in [3.8, 4) is 0 Å². The molecule has 20 heavy (non-hydrogen) atoms. The van der Waals surface area contributed by atoms with Crippen molar-refractivity contribution in [1.82, 2.24) is 14.5 Å². The van der Waals surface area contributed by atoms with E-state index >= 15 is 0 Å². The number of rotatable bonds is 1. The molecule has 0 fully saturated rings. The lowest BCUT2D eigenvalue weighted by molar-refractivity contribution is 0.561. The smallest absolute Gasteiger partial charge is 0.128 e. The molecular weight excluding hydrogens is 250 g/mol. The Labute approximate surface area is 116 Å². The molecular formula is C15H15N5. The molecule has 1 aliphatic heterocycles. The number of nitrogen functional groups attached to an aromatic ring is 1. The highest BCUT2D eigenvalue weighted by Gasteiger charge is 2.18. The van der Waals surface area contributed by atoms with Gasteiger partial charge in [-0.15, -0.1) is 0 Å². The molecule has 0 amide bonds. The molecule has 100 valence electrons. The number of hydrogen-bond acceptors (Lipinski definition) is 4. The maximum atomic E-state index is 6.05. The van der Waals surface area contributed by atoms with Gasteiger partial charge in [0.25, 0.3) is 0 Å². The van der Waals surface area contributed by atoms with E-state index in [0.29, 0.717) is 0 Å². The largest absolute Gasteiger partial charge is 0.398 e. The highest BCUT2D eigenvalue weighted by atomic mass is 15.2. The average molecular weight is 265 g/mol. The van der Waals surface area contributed by atoms with Crippen molar-refractivity contribution in [2.45, 2.75) is 13.1 Å². The van der Waals surface area contributed by atoms with Crippen LogP contribution in [0, 0.1) is 0 Å². The second kappa shape index (κ2) is 4.23. The number of anilines is 2. The Morgan fingerprint density at radius 2 is 2.00 bits per heavy atom. The van der Waals surface area contributed by atoms with Crippen molar-refractivity contribution in [3.05, 3.63) is 48.8 Å². The molecule has 2 N–H and O–H groups in total. The van der Waals surface area contributed by atoms with Crippen LogP contribution in [0.25, 0.3) is 10.8 Å². The van der Waals surface area contributed by atoms with Gasteiger partial charge in [0, 0.05) is 60.0 Å². The maximum Gasteiger partial charge on any atom is 0.128 e. The van der Waals surface area contributed by atoms with Crippen LogP contribution in [0.5, 0.6) is 0 Å². The van der Waals surface area contributed by atoms with E-state index in [1.807, 2.05) is 30.7 Å². The lowest BCUT2D eigenvalue weighted by Crippen LogP contribution is -2.33. The molecule has 2 aromatic heterocycles. The monoisotopic (exact) mass is 265 g/mol. The van der Waals surface area contributed by atoms with Gasteiger partial charge in [-0.3, -0.25) is 4.98 Å². The Morgan fingerprint density at radius 1 is 1.05 bits per heavy atom. The molecule has 0 bridgehead atoms. The van der Waals surface area contributed by atoms with E-state index in [0.717, 1.165) is 41.9 Å². The summed E-state index contributed by atoms with van der Waals surface area (Å²) in [5, 5.41) is 2.17. The number of imidazole rings is 1. The number of nitrogens with zero attached hydrogens (tertiary/aromatic N) is 4. The zero-order valence-electron chi connectivity index (χ0n) is 11.0. The van der Waals surface area contributed by atoms with Crippen LogP contribution in [0.2, 0.25) is 0 Å². The van der Waals surface area contributed by atoms with E-state index in [-0.39, 0.29) is 0 Å². The molecule has 0 saturated carbocycles. The molecule has 0 saturated heterocycles. The fraction of sp³-hybridized carbons (Fsp3) is 0.200. The van der Waals surface area contributed by atoms with Crippen LogP contribution < -0.4 is 10.6 Å². The van der Waals surface area contributed by atoms with Gasteiger partial charge < -0.3 is 15.2 Å². The number of hydrogen-bond donors (Lipinski definition) is 1. The lowest BCUT2D eigenvalue weighted by atomic mass is 10.1. The van der Waals surface area contributed by atoms with Crippen molar-refractivity contribution in [2.24, 2.45) is 0 Å². The van der Waals surface area contributed by atoms with Gasteiger partial charge in [0.1, 0.15) is 5.82 Å². The Bertz CT molecular complexity index is 777. The van der Waals surface area contributed by atoms with Crippen LogP contribution in [-0.4, -0.2) is 21.1 Å². The third kappa shape index (κ3) is 1.63. The molecule has 1 aliphatic rings. The number of pyridine rings is 1. The minimum absolute atomic E-state index is 0.796. The third-order valence-corrected chi connectivity index (χ3v) is 3.91. The molecule has 0 atom stereocenters. The zero-order valence-corrected chi connectivity index (χ0v) is 11.0. The number of fused-ring (bicyclic) bond motifs is 2. The van der Waals surface area contributed by atoms with Crippen molar-refractivity contribution in [3.63, 3.8) is 0 Å². The molecule has 5 heteroatoms. The summed E-state index contributed by atoms with van der Waals surface area (Å²) in [6.45, 7) is 2.75. The molecule has 0 spiro atoms. The summed E-state index contributed by atoms with van der Waals surface area (Å²) in [6.07, 6.45) is 7.57. The normalized spacial score (nSPS) is 14.5. The summed E-state index contributed by atoms with van der Waals surface area (Å²) in [5.74, 6) is 1.10. The molecule has 0 radical (unpaired) electrons. The summed E-state index contributed by atoms with van der Waals surface area (Å²) in [7, 11) is 0. The number of nitrogens with two attached hydrogens (primary N) is 1. The van der Waals surface area contributed by atoms with Gasteiger partial charge >= 0.3 is 0 Å². The first-order valence-electron chi connectivity index (χ1n) is 6.70. The molecule has 4 rings (SSSR count). The SMILES string of the molecule is Nc1ccc(N2CCn3ccnc3C2)c2cnccc12. The fourth-order valence-electron chi connectivity index (χ4n) is 2.85. The van der Waals surface area contributed by atoms with Crippen LogP contribution in [-0.2, 0) is 13.1 Å². The van der Waals surface area contributed by atoms with Gasteiger partial charge in [-0.1, -0.05) is 0 Å². The van der Waals surface area contributed by atoms with Gasteiger partial charge in [-0.25, -0.2) is 4.98 Å². The van der Waals surface area contributed by atoms with Crippen LogP contribution >= 0.6 is 0 Å². The quantitative estimate of drug-likeness (QED) is 0.684. The summed E-state index contributed by atoms with van der Waals surface area (Å²) in [4.78, 5) is 11.0. The highest BCUT2D eigenvalue weighted by molar-refractivity contribution is 6.00. The molecule has 0 unspecified atom stereocenters. The first-order valence-corrected chi connectivity index (χ1v) is 6.70. The van der Waals surface area contributed by atoms with Crippen LogP contribution in [0.1, 0.15) is 5.82 Å². The van der Waals surface area contributed by atoms with Crippen molar-refractivity contribution in [1.29, 1.82) is 0 Å². The molecule has 5 nitrogen and oxygen atoms in total. The summed E-state index contributed by atoms with van der Waals surface area (Å²) in [5.41, 5.74) is 8.03. The van der Waals surface area contributed by atoms with Gasteiger partial charge in [0.2, 0.25) is 0 Å². The van der Waals surface area contributed by atoms with Crippen LogP contribution in [0.3, 0.4) is 0 Å². The van der Waals surface area contributed by atoms with E-state index in [1.165, 1.54) is 5.69 Å². The second-order valence-electron chi connectivity index (χ2n) is 5.05. The Hall–Kier alpha value is -2.56. The average Bonchev–Trinajstić information content (AvgIpc) is 2.95. The standard InChI is InChI=1S/C15H15N5/c16-13-1-2-14(12-9-17-4-3-11(12)13)20-8-7-19-6-5-18-15(19)10-20/h1-6,9H,7-8,10,16H2. The van der Waals surface area contributed by atoms with Gasteiger partial charge in [0.15, 0.2) is 0 Å². The van der Waals surface area contributed by atoms with E-state index < -0.39 is 0 Å². The number of benzene rings is 1. The molecule has 3 aromatic rings. The zero-order chi connectivity index (χ0) is 13.5. The molecule has 3 heterocycles. The Balaban J connectivity index is 1.82. The minimum atomic E-state index is 0.796. The van der Waals surface area contributed by atoms with E-state index in [9.17, 15) is 0 Å². The first kappa shape index (κ1) is 11.3. The highest BCUT2D eigenvalue weighted by Crippen LogP contribution is 2.31. The predicted octanol–water partition coefficient (Wildman–Crippen LogP) is 2.03. The van der Waals surface area contributed by atoms with Crippen molar-refractivity contribution < 1.29 is 0 Å². The summed E-state index contributed by atoms with van der Waals surface area (Å²) in [6, 6.07) is 6.02. The van der Waals surface area contributed by atoms with E-state index in [4.69, 9.17) is 5.73 Å². The Morgan fingerprint density at radius 3 is 2.95 bits per heavy atom. The third-order valence-electron chi connectivity index (χ3n) is 3.91. The second-order valence-corrected chi connectivity index (χ2v) is 5.05. The van der Waals surface area contributed by atoms with Crippen molar-refractivity contribution >= 4 is 22.1 Å². The summed E-state index contributed by atoms with van der Waals surface area (Å²) < 4.78 is 2.20. The lowest BCUT2D eigenvalue weighted by Gasteiger charge is -2.30. The fourth-order valence-corrected chi connectivity index (χ4v) is 2.85. The Kier molecular flexibility index (Phi) is 2.39. The van der Waals surface area contributed by atoms with Crippen LogP contribution in [0.4, 0.5) is 11.4 Å². The topological polar surface area (TPSA) is 60.0 Å². The maximum absolute atomic E-state index is 6.05. The number of aromatic nitrogens is 3. The molecule has 1 aromatic carbocycles. The first-order chi connectivity index (χ1) is 9.83. The van der Waals surface area contributed by atoms with Crippen LogP contribution in [0.15, 0.2) is 43.0 Å². The predicted molar refractivity (Wildman–Crippen MR) is 79.4 cm³/mol. The minimum Gasteiger partial charge on any atom is -0.398 e.